The molecular weight excluding hydrogens is 484 g/mol. The highest BCUT2D eigenvalue weighted by Crippen LogP contribution is 2.31. The molecule has 2 aromatic carbocycles. The van der Waals surface area contributed by atoms with Crippen molar-refractivity contribution in [2.75, 3.05) is 21.3 Å². The molecule has 1 fully saturated rings. The molecule has 1 aliphatic carbocycles. The molecular formula is C28H34N6O4. The normalized spacial score (nSPS) is 14.2. The first-order chi connectivity index (χ1) is 18.6. The zero-order valence-electron chi connectivity index (χ0n) is 22.1. The second-order valence-corrected chi connectivity index (χ2v) is 9.72. The van der Waals surface area contributed by atoms with Crippen LogP contribution in [0.1, 0.15) is 49.1 Å². The fraction of sp³-hybridized carbons (Fsp3) is 0.429. The first-order valence-electron chi connectivity index (χ1n) is 13.0. The number of ether oxygens (including phenoxy) is 3. The van der Waals surface area contributed by atoms with Gasteiger partial charge in [-0.1, -0.05) is 31.4 Å². The van der Waals surface area contributed by atoms with Crippen LogP contribution in [0.5, 0.6) is 17.2 Å². The van der Waals surface area contributed by atoms with Gasteiger partial charge in [-0.25, -0.2) is 4.68 Å². The minimum atomic E-state index is -0.108. The highest BCUT2D eigenvalue weighted by molar-refractivity contribution is 5.83. The maximum atomic E-state index is 13.2. The van der Waals surface area contributed by atoms with E-state index in [0.717, 1.165) is 35.4 Å². The van der Waals surface area contributed by atoms with Crippen LogP contribution in [-0.4, -0.2) is 57.5 Å². The fourth-order valence-corrected chi connectivity index (χ4v) is 5.22. The van der Waals surface area contributed by atoms with Gasteiger partial charge in [0, 0.05) is 29.6 Å². The van der Waals surface area contributed by atoms with E-state index in [-0.39, 0.29) is 5.56 Å². The van der Waals surface area contributed by atoms with Gasteiger partial charge in [0.15, 0.2) is 17.3 Å². The van der Waals surface area contributed by atoms with Crippen LogP contribution < -0.4 is 19.8 Å². The van der Waals surface area contributed by atoms with E-state index in [9.17, 15) is 4.79 Å². The Labute approximate surface area is 221 Å². The Bertz CT molecular complexity index is 1430. The minimum absolute atomic E-state index is 0.108. The van der Waals surface area contributed by atoms with Crippen molar-refractivity contribution in [3.63, 3.8) is 0 Å². The summed E-state index contributed by atoms with van der Waals surface area (Å²) in [6.45, 7) is 1.61. The van der Waals surface area contributed by atoms with E-state index in [1.807, 2.05) is 41.1 Å². The summed E-state index contributed by atoms with van der Waals surface area (Å²) in [5.74, 6) is 2.79. The summed E-state index contributed by atoms with van der Waals surface area (Å²) < 4.78 is 18.0. The third kappa shape index (κ3) is 5.65. The standard InChI is InChI=1S/C28H34N6O4/c1-36-23-11-9-19(10-12-23)16-34-27(30-31-32-34)18-33(22-7-5-4-6-8-22)17-21-13-20-14-25(37-2)26(38-3)15-24(20)29-28(21)35/h9-15,22H,4-8,16-18H2,1-3H3,(H,29,35). The summed E-state index contributed by atoms with van der Waals surface area (Å²) in [4.78, 5) is 18.5. The first kappa shape index (κ1) is 25.7. The zero-order chi connectivity index (χ0) is 26.5. The molecule has 0 aliphatic heterocycles. The van der Waals surface area contributed by atoms with Crippen LogP contribution in [0, 0.1) is 0 Å². The Kier molecular flexibility index (Phi) is 7.88. The second kappa shape index (κ2) is 11.6. The van der Waals surface area contributed by atoms with Crippen LogP contribution in [0.15, 0.2) is 47.3 Å². The van der Waals surface area contributed by atoms with Gasteiger partial charge < -0.3 is 19.2 Å². The quantitative estimate of drug-likeness (QED) is 0.337. The van der Waals surface area contributed by atoms with Gasteiger partial charge in [0.25, 0.3) is 5.56 Å². The number of hydrogen-bond donors (Lipinski definition) is 1. The van der Waals surface area contributed by atoms with Gasteiger partial charge in [0.2, 0.25) is 0 Å². The van der Waals surface area contributed by atoms with E-state index in [1.165, 1.54) is 19.3 Å². The number of hydrogen-bond acceptors (Lipinski definition) is 8. The molecule has 1 N–H and O–H groups in total. The van der Waals surface area contributed by atoms with Crippen LogP contribution in [0.4, 0.5) is 0 Å². The predicted octanol–water partition coefficient (Wildman–Crippen LogP) is 3.92. The number of H-pyrrole nitrogens is 1. The van der Waals surface area contributed by atoms with Gasteiger partial charge in [0.05, 0.1) is 39.9 Å². The molecule has 0 spiro atoms. The Balaban J connectivity index is 1.42. The Morgan fingerprint density at radius 3 is 2.39 bits per heavy atom. The number of methoxy groups -OCH3 is 3. The van der Waals surface area contributed by atoms with Crippen molar-refractivity contribution in [2.24, 2.45) is 0 Å². The van der Waals surface area contributed by atoms with E-state index >= 15 is 0 Å². The number of benzene rings is 2. The van der Waals surface area contributed by atoms with E-state index in [4.69, 9.17) is 14.2 Å². The summed E-state index contributed by atoms with van der Waals surface area (Å²) in [7, 11) is 4.85. The van der Waals surface area contributed by atoms with Crippen molar-refractivity contribution in [3.8, 4) is 17.2 Å². The molecule has 10 nitrogen and oxygen atoms in total. The number of rotatable bonds is 10. The number of tetrazole rings is 1. The zero-order valence-corrected chi connectivity index (χ0v) is 22.1. The molecule has 2 aromatic heterocycles. The van der Waals surface area contributed by atoms with E-state index in [1.54, 1.807) is 27.4 Å². The Hall–Kier alpha value is -3.92. The predicted molar refractivity (Wildman–Crippen MR) is 144 cm³/mol. The molecule has 1 saturated carbocycles. The molecule has 0 amide bonds. The van der Waals surface area contributed by atoms with Crippen LogP contribution in [0.2, 0.25) is 0 Å². The van der Waals surface area contributed by atoms with Crippen molar-refractivity contribution in [1.29, 1.82) is 0 Å². The number of aromatic nitrogens is 5. The molecule has 0 atom stereocenters. The lowest BCUT2D eigenvalue weighted by atomic mass is 9.93. The smallest absolute Gasteiger partial charge is 0.252 e. The lowest BCUT2D eigenvalue weighted by molar-refractivity contribution is 0.134. The summed E-state index contributed by atoms with van der Waals surface area (Å²) in [6, 6.07) is 13.9. The summed E-state index contributed by atoms with van der Waals surface area (Å²) in [6.07, 6.45) is 5.80. The lowest BCUT2D eigenvalue weighted by Gasteiger charge is -2.33. The molecule has 4 aromatic rings. The summed E-state index contributed by atoms with van der Waals surface area (Å²) >= 11 is 0. The molecule has 10 heteroatoms. The Morgan fingerprint density at radius 2 is 1.68 bits per heavy atom. The minimum Gasteiger partial charge on any atom is -0.497 e. The van der Waals surface area contributed by atoms with Gasteiger partial charge in [-0.2, -0.15) is 0 Å². The van der Waals surface area contributed by atoms with Crippen molar-refractivity contribution in [1.82, 2.24) is 30.1 Å². The number of nitrogens with one attached hydrogen (secondary N) is 1. The maximum absolute atomic E-state index is 13.2. The molecule has 200 valence electrons. The Morgan fingerprint density at radius 1 is 0.947 bits per heavy atom. The maximum Gasteiger partial charge on any atom is 0.252 e. The van der Waals surface area contributed by atoms with Crippen molar-refractivity contribution in [3.05, 3.63) is 69.8 Å². The number of nitrogens with zero attached hydrogens (tertiary/aromatic N) is 5. The molecule has 0 unspecified atom stereocenters. The van der Waals surface area contributed by atoms with E-state index in [0.29, 0.717) is 48.3 Å². The van der Waals surface area contributed by atoms with E-state index < -0.39 is 0 Å². The van der Waals surface area contributed by atoms with Crippen molar-refractivity contribution < 1.29 is 14.2 Å². The molecule has 2 heterocycles. The molecule has 1 aliphatic rings. The summed E-state index contributed by atoms with van der Waals surface area (Å²) in [5, 5.41) is 13.5. The number of fused-ring (bicyclic) bond motifs is 1. The second-order valence-electron chi connectivity index (χ2n) is 9.72. The third-order valence-electron chi connectivity index (χ3n) is 7.33. The molecule has 0 radical (unpaired) electrons. The van der Waals surface area contributed by atoms with Gasteiger partial charge in [-0.05, 0) is 53.1 Å². The van der Waals surface area contributed by atoms with Crippen LogP contribution in [-0.2, 0) is 19.6 Å². The van der Waals surface area contributed by atoms with Crippen molar-refractivity contribution >= 4 is 10.9 Å². The monoisotopic (exact) mass is 518 g/mol. The van der Waals surface area contributed by atoms with Crippen LogP contribution in [0.25, 0.3) is 10.9 Å². The van der Waals surface area contributed by atoms with E-state index in [2.05, 4.69) is 25.4 Å². The molecule has 5 rings (SSSR count). The van der Waals surface area contributed by atoms with Gasteiger partial charge in [-0.15, -0.1) is 5.10 Å². The van der Waals surface area contributed by atoms with Gasteiger partial charge in [0.1, 0.15) is 5.75 Å². The summed E-state index contributed by atoms with van der Waals surface area (Å²) in [5.41, 5.74) is 2.38. The first-order valence-corrected chi connectivity index (χ1v) is 13.0. The lowest BCUT2D eigenvalue weighted by Crippen LogP contribution is -2.38. The van der Waals surface area contributed by atoms with Crippen LogP contribution in [0.3, 0.4) is 0 Å². The van der Waals surface area contributed by atoms with Gasteiger partial charge >= 0.3 is 0 Å². The van der Waals surface area contributed by atoms with Crippen LogP contribution >= 0.6 is 0 Å². The highest BCUT2D eigenvalue weighted by Gasteiger charge is 2.25. The topological polar surface area (TPSA) is 107 Å². The fourth-order valence-electron chi connectivity index (χ4n) is 5.22. The third-order valence-corrected chi connectivity index (χ3v) is 7.33. The number of aromatic amines is 1. The van der Waals surface area contributed by atoms with Crippen molar-refractivity contribution in [2.45, 2.75) is 57.8 Å². The average molecular weight is 519 g/mol. The highest BCUT2D eigenvalue weighted by atomic mass is 16.5. The van der Waals surface area contributed by atoms with Gasteiger partial charge in [-0.3, -0.25) is 9.69 Å². The SMILES string of the molecule is COc1ccc(Cn2nnnc2CN(Cc2cc3cc(OC)c(OC)cc3[nH]c2=O)C2CCCCC2)cc1. The molecule has 0 saturated heterocycles. The average Bonchev–Trinajstić information content (AvgIpc) is 3.39. The molecule has 0 bridgehead atoms. The number of pyridine rings is 1. The molecule has 38 heavy (non-hydrogen) atoms. The largest absolute Gasteiger partial charge is 0.497 e.